The molecule has 116 valence electrons. The van der Waals surface area contributed by atoms with Gasteiger partial charge in [-0.2, -0.15) is 0 Å². The van der Waals surface area contributed by atoms with E-state index in [0.717, 1.165) is 32.2 Å². The van der Waals surface area contributed by atoms with E-state index in [1.54, 1.807) is 6.92 Å². The van der Waals surface area contributed by atoms with Gasteiger partial charge in [0.15, 0.2) is 0 Å². The molecule has 0 N–H and O–H groups in total. The fourth-order valence-electron chi connectivity index (χ4n) is 2.40. The van der Waals surface area contributed by atoms with Crippen LogP contribution in [0.25, 0.3) is 0 Å². The summed E-state index contributed by atoms with van der Waals surface area (Å²) in [6, 6.07) is 0.341. The van der Waals surface area contributed by atoms with E-state index >= 15 is 0 Å². The molecule has 4 heteroatoms. The first-order chi connectivity index (χ1) is 9.32. The molecule has 1 amide bonds. The zero-order chi connectivity index (χ0) is 15.3. The van der Waals surface area contributed by atoms with Crippen LogP contribution in [0.5, 0.6) is 0 Å². The van der Waals surface area contributed by atoms with Gasteiger partial charge >= 0.3 is 5.97 Å². The highest BCUT2D eigenvalue weighted by Crippen LogP contribution is 2.34. The van der Waals surface area contributed by atoms with Crippen LogP contribution in [0.15, 0.2) is 0 Å². The molecule has 0 spiro atoms. The molecule has 1 aliphatic carbocycles. The van der Waals surface area contributed by atoms with E-state index < -0.39 is 11.3 Å². The van der Waals surface area contributed by atoms with Gasteiger partial charge in [0, 0.05) is 12.6 Å². The molecule has 1 rings (SSSR count). The van der Waals surface area contributed by atoms with E-state index in [2.05, 4.69) is 6.92 Å². The van der Waals surface area contributed by atoms with Crippen molar-refractivity contribution in [1.82, 2.24) is 4.90 Å². The molecule has 0 aromatic heterocycles. The lowest BCUT2D eigenvalue weighted by atomic mass is 9.79. The minimum Gasteiger partial charge on any atom is -0.465 e. The second-order valence-corrected chi connectivity index (χ2v) is 6.67. The van der Waals surface area contributed by atoms with Crippen molar-refractivity contribution in [2.45, 2.75) is 66.3 Å². The molecule has 0 aliphatic heterocycles. The molecule has 1 saturated carbocycles. The summed E-state index contributed by atoms with van der Waals surface area (Å²) in [4.78, 5) is 26.9. The topological polar surface area (TPSA) is 46.6 Å². The summed E-state index contributed by atoms with van der Waals surface area (Å²) in [6.07, 6.45) is 4.17. The second kappa shape index (κ2) is 7.09. The van der Waals surface area contributed by atoms with Crippen molar-refractivity contribution in [2.75, 3.05) is 13.2 Å². The molecule has 0 radical (unpaired) electrons. The minimum atomic E-state index is -0.695. The number of esters is 1. The number of rotatable bonds is 7. The van der Waals surface area contributed by atoms with E-state index in [1.165, 1.54) is 0 Å². The third-order valence-electron chi connectivity index (χ3n) is 3.66. The van der Waals surface area contributed by atoms with Gasteiger partial charge in [-0.3, -0.25) is 9.59 Å². The number of amides is 1. The van der Waals surface area contributed by atoms with E-state index in [4.69, 9.17) is 4.74 Å². The van der Waals surface area contributed by atoms with Gasteiger partial charge in [-0.15, -0.1) is 0 Å². The first-order valence-corrected chi connectivity index (χ1v) is 7.80. The smallest absolute Gasteiger partial charge is 0.319 e. The maximum absolute atomic E-state index is 12.8. The number of carbonyl (C=O) groups excluding carboxylic acids is 2. The molecular formula is C16H29NO3. The Balaban J connectivity index is 2.87. The van der Waals surface area contributed by atoms with Crippen LogP contribution in [-0.4, -0.2) is 36.0 Å². The Kier molecular flexibility index (Phi) is 6.03. The van der Waals surface area contributed by atoms with Gasteiger partial charge < -0.3 is 9.64 Å². The number of hydrogen-bond donors (Lipinski definition) is 0. The number of hydrogen-bond acceptors (Lipinski definition) is 3. The highest BCUT2D eigenvalue weighted by Gasteiger charge is 2.44. The van der Waals surface area contributed by atoms with E-state index in [-0.39, 0.29) is 11.9 Å². The Hall–Kier alpha value is -1.06. The molecule has 1 aliphatic rings. The van der Waals surface area contributed by atoms with Crippen molar-refractivity contribution in [3.8, 4) is 0 Å². The molecule has 1 fully saturated rings. The van der Waals surface area contributed by atoms with Crippen molar-refractivity contribution < 1.29 is 14.3 Å². The largest absolute Gasteiger partial charge is 0.465 e. The van der Waals surface area contributed by atoms with Crippen LogP contribution in [0.2, 0.25) is 0 Å². The lowest BCUT2D eigenvalue weighted by molar-refractivity contribution is -0.160. The fourth-order valence-corrected chi connectivity index (χ4v) is 2.40. The Bertz CT molecular complexity index is 342. The van der Waals surface area contributed by atoms with Crippen LogP contribution in [0, 0.1) is 11.3 Å². The Morgan fingerprint density at radius 1 is 1.25 bits per heavy atom. The molecule has 0 saturated heterocycles. The number of unbranched alkanes of at least 4 members (excludes halogenated alkanes) is 1. The molecule has 20 heavy (non-hydrogen) atoms. The van der Waals surface area contributed by atoms with Crippen molar-refractivity contribution >= 4 is 11.9 Å². The van der Waals surface area contributed by atoms with Crippen LogP contribution in [0.4, 0.5) is 0 Å². The van der Waals surface area contributed by atoms with Crippen molar-refractivity contribution in [3.05, 3.63) is 0 Å². The molecular weight excluding hydrogens is 254 g/mol. The monoisotopic (exact) mass is 283 g/mol. The molecule has 1 atom stereocenters. The van der Waals surface area contributed by atoms with Gasteiger partial charge in [0.2, 0.25) is 5.91 Å². The number of carbonyl (C=O) groups is 2. The van der Waals surface area contributed by atoms with Gasteiger partial charge in [-0.1, -0.05) is 34.1 Å². The molecule has 0 aromatic carbocycles. The first kappa shape index (κ1) is 17.0. The van der Waals surface area contributed by atoms with E-state index in [0.29, 0.717) is 12.6 Å². The van der Waals surface area contributed by atoms with Crippen molar-refractivity contribution in [3.63, 3.8) is 0 Å². The quantitative estimate of drug-likeness (QED) is 0.533. The number of nitrogens with zero attached hydrogens (tertiary/aromatic N) is 1. The standard InChI is InChI=1S/C16H29NO3/c1-6-8-11-17(12-9-10-12)14(18)13(16(3,4)5)15(19)20-7-2/h12-13H,6-11H2,1-5H3. The summed E-state index contributed by atoms with van der Waals surface area (Å²) >= 11 is 0. The minimum absolute atomic E-state index is 0.0492. The van der Waals surface area contributed by atoms with E-state index in [9.17, 15) is 9.59 Å². The normalized spacial score (nSPS) is 16.6. The third kappa shape index (κ3) is 4.50. The molecule has 4 nitrogen and oxygen atoms in total. The first-order valence-electron chi connectivity index (χ1n) is 7.80. The summed E-state index contributed by atoms with van der Waals surface area (Å²) in [5.41, 5.74) is -0.414. The van der Waals surface area contributed by atoms with Crippen LogP contribution in [0.3, 0.4) is 0 Å². The van der Waals surface area contributed by atoms with Crippen molar-refractivity contribution in [2.24, 2.45) is 11.3 Å². The Morgan fingerprint density at radius 2 is 1.85 bits per heavy atom. The lowest BCUT2D eigenvalue weighted by Crippen LogP contribution is -2.47. The lowest BCUT2D eigenvalue weighted by Gasteiger charge is -2.33. The van der Waals surface area contributed by atoms with Gasteiger partial charge in [-0.05, 0) is 31.6 Å². The zero-order valence-electron chi connectivity index (χ0n) is 13.6. The molecule has 1 unspecified atom stereocenters. The van der Waals surface area contributed by atoms with Crippen LogP contribution in [-0.2, 0) is 14.3 Å². The zero-order valence-corrected chi connectivity index (χ0v) is 13.6. The summed E-state index contributed by atoms with van der Waals surface area (Å²) in [7, 11) is 0. The van der Waals surface area contributed by atoms with Crippen LogP contribution >= 0.6 is 0 Å². The highest BCUT2D eigenvalue weighted by atomic mass is 16.5. The molecule has 0 heterocycles. The average Bonchev–Trinajstić information content (AvgIpc) is 3.12. The second-order valence-electron chi connectivity index (χ2n) is 6.67. The maximum Gasteiger partial charge on any atom is 0.319 e. The predicted molar refractivity (Wildman–Crippen MR) is 79.2 cm³/mol. The van der Waals surface area contributed by atoms with Gasteiger partial charge in [0.25, 0.3) is 0 Å². The van der Waals surface area contributed by atoms with Crippen LogP contribution in [0.1, 0.15) is 60.3 Å². The molecule has 0 aromatic rings. The van der Waals surface area contributed by atoms with Crippen LogP contribution < -0.4 is 0 Å². The Labute approximate surface area is 122 Å². The summed E-state index contributed by atoms with van der Waals surface area (Å²) in [6.45, 7) is 10.7. The molecule has 0 bridgehead atoms. The van der Waals surface area contributed by atoms with E-state index in [1.807, 2.05) is 25.7 Å². The number of ether oxygens (including phenoxy) is 1. The summed E-state index contributed by atoms with van der Waals surface area (Å²) in [5.74, 6) is -1.13. The Morgan fingerprint density at radius 3 is 2.25 bits per heavy atom. The summed E-state index contributed by atoms with van der Waals surface area (Å²) < 4.78 is 5.12. The SMILES string of the molecule is CCCCN(C(=O)C(C(=O)OCC)C(C)(C)C)C1CC1. The summed E-state index contributed by atoms with van der Waals surface area (Å²) in [5, 5.41) is 0. The van der Waals surface area contributed by atoms with Crippen molar-refractivity contribution in [1.29, 1.82) is 0 Å². The predicted octanol–water partition coefficient (Wildman–Crippen LogP) is 3.00. The van der Waals surface area contributed by atoms with Gasteiger partial charge in [0.1, 0.15) is 5.92 Å². The third-order valence-corrected chi connectivity index (χ3v) is 3.66. The van der Waals surface area contributed by atoms with Gasteiger partial charge in [-0.25, -0.2) is 0 Å². The maximum atomic E-state index is 12.8. The fraction of sp³-hybridized carbons (Fsp3) is 0.875. The highest BCUT2D eigenvalue weighted by molar-refractivity contribution is 5.98. The van der Waals surface area contributed by atoms with Gasteiger partial charge in [0.05, 0.1) is 6.61 Å². The average molecular weight is 283 g/mol.